The van der Waals surface area contributed by atoms with E-state index in [1.807, 2.05) is 0 Å². The third kappa shape index (κ3) is 3.95. The normalized spacial score (nSPS) is 17.8. The molecule has 1 aliphatic heterocycles. The lowest BCUT2D eigenvalue weighted by molar-refractivity contribution is -0.132. The third-order valence-electron chi connectivity index (χ3n) is 5.73. The summed E-state index contributed by atoms with van der Waals surface area (Å²) in [6.45, 7) is 0. The second-order valence-corrected chi connectivity index (χ2v) is 11.1. The molecule has 1 aliphatic rings. The van der Waals surface area contributed by atoms with Crippen LogP contribution in [0.15, 0.2) is 77.2 Å². The second-order valence-electron chi connectivity index (χ2n) is 8.10. The van der Waals surface area contributed by atoms with Crippen LogP contribution in [0.2, 0.25) is 0 Å². The van der Waals surface area contributed by atoms with Gasteiger partial charge in [0.25, 0.3) is 5.78 Å². The smallest absolute Gasteiger partial charge is 0.301 e. The van der Waals surface area contributed by atoms with Crippen molar-refractivity contribution in [3.8, 4) is 0 Å². The number of aromatic nitrogens is 1. The van der Waals surface area contributed by atoms with E-state index in [0.29, 0.717) is 16.3 Å². The fourth-order valence-electron chi connectivity index (χ4n) is 4.03. The van der Waals surface area contributed by atoms with E-state index in [1.54, 1.807) is 18.2 Å². The number of hydrogen-bond donors (Lipinski definition) is 1. The summed E-state index contributed by atoms with van der Waals surface area (Å²) in [6, 6.07) is 13.4. The number of amides is 1. The molecule has 1 aromatic heterocycles. The number of Topliss-reactive ketones (excluding diaryl/α,β-unsaturated/α-hetero) is 1. The third-order valence-corrected chi connectivity index (χ3v) is 7.86. The minimum atomic E-state index is -3.52. The summed E-state index contributed by atoms with van der Waals surface area (Å²) in [5.74, 6) is -4.54. The zero-order valence-electron chi connectivity index (χ0n) is 18.5. The molecular formula is C25H16F2N2O5S2. The van der Waals surface area contributed by atoms with Gasteiger partial charge < -0.3 is 5.11 Å². The summed E-state index contributed by atoms with van der Waals surface area (Å²) >= 11 is 0.924. The highest BCUT2D eigenvalue weighted by molar-refractivity contribution is 7.90. The number of halogens is 2. The maximum Gasteiger partial charge on any atom is 0.301 e. The maximum atomic E-state index is 15.0. The Morgan fingerprint density at radius 3 is 2.42 bits per heavy atom. The topological polar surface area (TPSA) is 105 Å². The van der Waals surface area contributed by atoms with Gasteiger partial charge in [-0.25, -0.2) is 22.2 Å². The first-order valence-corrected chi connectivity index (χ1v) is 13.2. The van der Waals surface area contributed by atoms with Crippen molar-refractivity contribution >= 4 is 54.0 Å². The Balaban J connectivity index is 1.75. The lowest BCUT2D eigenvalue weighted by Crippen LogP contribution is -2.29. The van der Waals surface area contributed by atoms with Crippen molar-refractivity contribution in [1.82, 2.24) is 4.98 Å². The molecule has 182 valence electrons. The number of aliphatic hydroxyl groups is 1. The largest absolute Gasteiger partial charge is 0.507 e. The van der Waals surface area contributed by atoms with Crippen molar-refractivity contribution in [2.24, 2.45) is 0 Å². The minimum Gasteiger partial charge on any atom is -0.507 e. The molecule has 1 saturated heterocycles. The van der Waals surface area contributed by atoms with Crippen LogP contribution in [0.5, 0.6) is 0 Å². The summed E-state index contributed by atoms with van der Waals surface area (Å²) in [7, 11) is -3.52. The number of anilines is 1. The highest BCUT2D eigenvalue weighted by Crippen LogP contribution is 2.45. The van der Waals surface area contributed by atoms with Gasteiger partial charge in [-0.05, 0) is 24.3 Å². The Kier molecular flexibility index (Phi) is 5.68. The van der Waals surface area contributed by atoms with Gasteiger partial charge in [-0.15, -0.1) is 0 Å². The number of fused-ring (bicyclic) bond motifs is 1. The number of carbonyl (C=O) groups excluding carboxylic acids is 2. The van der Waals surface area contributed by atoms with Crippen LogP contribution in [0.3, 0.4) is 0 Å². The Morgan fingerprint density at radius 2 is 1.75 bits per heavy atom. The first-order chi connectivity index (χ1) is 17.1. The Morgan fingerprint density at radius 1 is 1.03 bits per heavy atom. The van der Waals surface area contributed by atoms with Crippen LogP contribution < -0.4 is 4.90 Å². The lowest BCUT2D eigenvalue weighted by Gasteiger charge is -2.23. The number of rotatable bonds is 4. The van der Waals surface area contributed by atoms with Gasteiger partial charge in [0.15, 0.2) is 15.0 Å². The molecule has 4 aromatic rings. The van der Waals surface area contributed by atoms with E-state index in [0.717, 1.165) is 34.6 Å². The van der Waals surface area contributed by atoms with Crippen LogP contribution >= 0.6 is 11.3 Å². The predicted octanol–water partition coefficient (Wildman–Crippen LogP) is 4.60. The molecule has 0 radical (unpaired) electrons. The van der Waals surface area contributed by atoms with Gasteiger partial charge in [0.2, 0.25) is 0 Å². The van der Waals surface area contributed by atoms with E-state index < -0.39 is 45.0 Å². The number of ketones is 1. The molecule has 7 nitrogen and oxygen atoms in total. The molecule has 36 heavy (non-hydrogen) atoms. The van der Waals surface area contributed by atoms with Gasteiger partial charge in [0, 0.05) is 23.4 Å². The molecule has 0 bridgehead atoms. The summed E-state index contributed by atoms with van der Waals surface area (Å²) in [4.78, 5) is 31.7. The molecule has 1 fully saturated rings. The Hall–Kier alpha value is -3.96. The van der Waals surface area contributed by atoms with Gasteiger partial charge in [0.1, 0.15) is 23.4 Å². The number of benzene rings is 3. The van der Waals surface area contributed by atoms with E-state index in [2.05, 4.69) is 4.98 Å². The van der Waals surface area contributed by atoms with Crippen molar-refractivity contribution in [2.45, 2.75) is 10.9 Å². The molecule has 1 atom stereocenters. The molecular weight excluding hydrogens is 510 g/mol. The van der Waals surface area contributed by atoms with Crippen LogP contribution in [0.4, 0.5) is 13.9 Å². The van der Waals surface area contributed by atoms with E-state index >= 15 is 0 Å². The lowest BCUT2D eigenvalue weighted by atomic mass is 9.95. The number of carbonyl (C=O) groups is 2. The number of nitrogens with zero attached hydrogens (tertiary/aromatic N) is 2. The molecule has 0 saturated carbocycles. The van der Waals surface area contributed by atoms with Gasteiger partial charge in [-0.2, -0.15) is 0 Å². The van der Waals surface area contributed by atoms with Gasteiger partial charge in [-0.1, -0.05) is 47.7 Å². The molecule has 11 heteroatoms. The van der Waals surface area contributed by atoms with Crippen LogP contribution in [0, 0.1) is 11.6 Å². The average molecular weight is 527 g/mol. The summed E-state index contributed by atoms with van der Waals surface area (Å²) in [5.41, 5.74) is -0.0206. The number of sulfone groups is 1. The van der Waals surface area contributed by atoms with Crippen LogP contribution in [-0.4, -0.2) is 36.5 Å². The highest BCUT2D eigenvalue weighted by Gasteiger charge is 2.49. The van der Waals surface area contributed by atoms with E-state index in [4.69, 9.17) is 0 Å². The average Bonchev–Trinajstić information content (AvgIpc) is 3.36. The minimum absolute atomic E-state index is 0.0152. The Labute approximate surface area is 207 Å². The number of aliphatic hydroxyl groups excluding tert-OH is 1. The zero-order chi connectivity index (χ0) is 25.8. The quantitative estimate of drug-likeness (QED) is 0.237. The first kappa shape index (κ1) is 23.8. The van der Waals surface area contributed by atoms with Crippen LogP contribution in [0.1, 0.15) is 17.2 Å². The number of thiazole rings is 1. The van der Waals surface area contributed by atoms with Crippen molar-refractivity contribution in [3.63, 3.8) is 0 Å². The van der Waals surface area contributed by atoms with E-state index in [-0.39, 0.29) is 26.7 Å². The molecule has 1 unspecified atom stereocenters. The molecule has 2 heterocycles. The monoisotopic (exact) mass is 526 g/mol. The molecule has 0 spiro atoms. The van der Waals surface area contributed by atoms with Gasteiger partial charge in [0.05, 0.1) is 20.7 Å². The fourth-order valence-corrected chi connectivity index (χ4v) is 5.78. The van der Waals surface area contributed by atoms with Gasteiger partial charge >= 0.3 is 5.91 Å². The molecule has 5 rings (SSSR count). The maximum absolute atomic E-state index is 15.0. The van der Waals surface area contributed by atoms with E-state index in [9.17, 15) is 31.9 Å². The van der Waals surface area contributed by atoms with Crippen molar-refractivity contribution < 1.29 is 31.9 Å². The summed E-state index contributed by atoms with van der Waals surface area (Å²) in [6.07, 6.45) is 1.05. The number of hydrogen-bond acceptors (Lipinski definition) is 7. The Bertz CT molecular complexity index is 1700. The van der Waals surface area contributed by atoms with Crippen LogP contribution in [-0.2, 0) is 19.4 Å². The molecule has 0 aliphatic carbocycles. The standard InChI is InChI=1S/C25H16F2N2O5S2/c1-36(33,34)15-8-10-18-19(12-15)35-25(28-18)29-21(16-9-7-14(26)11-17(16)27)20(23(31)24(29)32)22(30)13-5-3-2-4-6-13/h2-12,21,30H,1H3/b22-20+. The molecule has 1 N–H and O–H groups in total. The predicted molar refractivity (Wildman–Crippen MR) is 130 cm³/mol. The highest BCUT2D eigenvalue weighted by atomic mass is 32.2. The van der Waals surface area contributed by atoms with Crippen molar-refractivity contribution in [2.75, 3.05) is 11.2 Å². The van der Waals surface area contributed by atoms with Crippen molar-refractivity contribution in [1.29, 1.82) is 0 Å². The zero-order valence-corrected chi connectivity index (χ0v) is 20.1. The second kappa shape index (κ2) is 8.61. The van der Waals surface area contributed by atoms with E-state index in [1.165, 1.54) is 30.3 Å². The summed E-state index contributed by atoms with van der Waals surface area (Å²) < 4.78 is 53.0. The molecule has 1 amide bonds. The van der Waals surface area contributed by atoms with Gasteiger partial charge in [-0.3, -0.25) is 14.5 Å². The molecule has 3 aromatic carbocycles. The van der Waals surface area contributed by atoms with Crippen LogP contribution in [0.25, 0.3) is 16.0 Å². The fraction of sp³-hybridized carbons (Fsp3) is 0.0800. The first-order valence-electron chi connectivity index (χ1n) is 10.5. The summed E-state index contributed by atoms with van der Waals surface area (Å²) in [5, 5.41) is 11.0. The SMILES string of the molecule is CS(=O)(=O)c1ccc2nc(N3C(=O)C(=O)/C(=C(/O)c4ccccc4)C3c3ccc(F)cc3F)sc2c1. The van der Waals surface area contributed by atoms with Crippen molar-refractivity contribution in [3.05, 3.63) is 95.1 Å².